The van der Waals surface area contributed by atoms with E-state index >= 15 is 0 Å². The fraction of sp³-hybridized carbons (Fsp3) is 0.429. The number of hydrogen-bond donors (Lipinski definition) is 2. The lowest BCUT2D eigenvalue weighted by Gasteiger charge is -2.12. The molecule has 17 heavy (non-hydrogen) atoms. The van der Waals surface area contributed by atoms with Crippen LogP contribution in [0.1, 0.15) is 12.5 Å². The molecule has 0 amide bonds. The Morgan fingerprint density at radius 3 is 3.06 bits per heavy atom. The van der Waals surface area contributed by atoms with Gasteiger partial charge in [-0.3, -0.25) is 0 Å². The molecule has 1 unspecified atom stereocenters. The van der Waals surface area contributed by atoms with Crippen molar-refractivity contribution in [2.75, 3.05) is 19.7 Å². The van der Waals surface area contributed by atoms with Crippen LogP contribution in [0.2, 0.25) is 0 Å². The van der Waals surface area contributed by atoms with Gasteiger partial charge in [0.25, 0.3) is 0 Å². The highest BCUT2D eigenvalue weighted by Crippen LogP contribution is 2.13. The van der Waals surface area contributed by atoms with Crippen LogP contribution in [0.15, 0.2) is 24.3 Å². The molecule has 1 atom stereocenters. The second-order valence-corrected chi connectivity index (χ2v) is 3.80. The number of benzene rings is 1. The normalized spacial score (nSPS) is 11.8. The van der Waals surface area contributed by atoms with Crippen molar-refractivity contribution in [3.63, 3.8) is 0 Å². The summed E-state index contributed by atoms with van der Waals surface area (Å²) in [5, 5.41) is 12.5. The molecule has 0 aliphatic carbocycles. The number of aliphatic hydroxyl groups is 1. The molecule has 0 fully saturated rings. The molecule has 1 rings (SSSR count). The summed E-state index contributed by atoms with van der Waals surface area (Å²) in [4.78, 5) is 0. The van der Waals surface area contributed by atoms with Gasteiger partial charge in [0.2, 0.25) is 0 Å². The van der Waals surface area contributed by atoms with Crippen LogP contribution in [-0.2, 0) is 6.42 Å². The van der Waals surface area contributed by atoms with E-state index < -0.39 is 6.10 Å². The number of hydrogen-bond acceptors (Lipinski definition) is 3. The summed E-state index contributed by atoms with van der Waals surface area (Å²) in [5.41, 5.74) is 1.22. The Morgan fingerprint density at radius 1 is 1.53 bits per heavy atom. The van der Waals surface area contributed by atoms with Crippen molar-refractivity contribution >= 4 is 0 Å². The molecule has 3 nitrogen and oxygen atoms in total. The molecule has 0 aliphatic rings. The van der Waals surface area contributed by atoms with Gasteiger partial charge in [-0.1, -0.05) is 25.0 Å². The van der Waals surface area contributed by atoms with E-state index in [0.29, 0.717) is 13.1 Å². The maximum Gasteiger partial charge on any atom is 0.119 e. The summed E-state index contributed by atoms with van der Waals surface area (Å²) in [6.45, 7) is 3.27. The molecule has 0 saturated carbocycles. The van der Waals surface area contributed by atoms with E-state index in [4.69, 9.17) is 11.2 Å². The van der Waals surface area contributed by atoms with Gasteiger partial charge in [0, 0.05) is 6.54 Å². The molecular weight excluding hydrogens is 214 g/mol. The van der Waals surface area contributed by atoms with E-state index in [-0.39, 0.29) is 6.61 Å². The maximum absolute atomic E-state index is 9.61. The van der Waals surface area contributed by atoms with Crippen LogP contribution < -0.4 is 10.1 Å². The fourth-order valence-corrected chi connectivity index (χ4v) is 1.42. The third-order valence-electron chi connectivity index (χ3n) is 2.36. The van der Waals surface area contributed by atoms with E-state index in [1.807, 2.05) is 18.2 Å². The highest BCUT2D eigenvalue weighted by Gasteiger charge is 2.04. The van der Waals surface area contributed by atoms with E-state index in [1.54, 1.807) is 0 Å². The van der Waals surface area contributed by atoms with Gasteiger partial charge in [0.15, 0.2) is 0 Å². The van der Waals surface area contributed by atoms with E-state index in [2.05, 4.69) is 24.2 Å². The highest BCUT2D eigenvalue weighted by atomic mass is 16.5. The largest absolute Gasteiger partial charge is 0.491 e. The van der Waals surface area contributed by atoms with Crippen LogP contribution in [0.5, 0.6) is 5.75 Å². The monoisotopic (exact) mass is 233 g/mol. The van der Waals surface area contributed by atoms with Crippen molar-refractivity contribution < 1.29 is 9.84 Å². The first-order valence-corrected chi connectivity index (χ1v) is 5.80. The molecule has 0 aromatic heterocycles. The van der Waals surface area contributed by atoms with Crippen molar-refractivity contribution in [1.29, 1.82) is 0 Å². The average molecular weight is 233 g/mol. The standard InChI is InChI=1S/C14H19NO2/c1-3-8-15-10-13(16)11-17-14-7-5-6-12(4-2)9-14/h1,5-7,9,13,15-16H,4,8,10-11H2,2H3. The minimum atomic E-state index is -0.548. The molecule has 0 radical (unpaired) electrons. The van der Waals surface area contributed by atoms with Gasteiger partial charge in [0.05, 0.1) is 6.54 Å². The third-order valence-corrected chi connectivity index (χ3v) is 2.36. The highest BCUT2D eigenvalue weighted by molar-refractivity contribution is 5.28. The lowest BCUT2D eigenvalue weighted by atomic mass is 10.2. The minimum Gasteiger partial charge on any atom is -0.491 e. The van der Waals surface area contributed by atoms with Crippen LogP contribution in [0.3, 0.4) is 0 Å². The van der Waals surface area contributed by atoms with Gasteiger partial charge in [-0.05, 0) is 24.1 Å². The smallest absolute Gasteiger partial charge is 0.119 e. The van der Waals surface area contributed by atoms with Crippen molar-refractivity contribution in [1.82, 2.24) is 5.32 Å². The fourth-order valence-electron chi connectivity index (χ4n) is 1.42. The SMILES string of the molecule is C#CCNCC(O)COc1cccc(CC)c1. The predicted molar refractivity (Wildman–Crippen MR) is 69.0 cm³/mol. The quantitative estimate of drug-likeness (QED) is 0.549. The van der Waals surface area contributed by atoms with Crippen LogP contribution in [0.4, 0.5) is 0 Å². The molecule has 92 valence electrons. The maximum atomic E-state index is 9.61. The van der Waals surface area contributed by atoms with Gasteiger partial charge in [-0.2, -0.15) is 0 Å². The zero-order valence-electron chi connectivity index (χ0n) is 10.1. The molecule has 1 aromatic rings. The Kier molecular flexibility index (Phi) is 6.16. The van der Waals surface area contributed by atoms with Crippen LogP contribution in [0.25, 0.3) is 0 Å². The zero-order valence-corrected chi connectivity index (χ0v) is 10.1. The van der Waals surface area contributed by atoms with Crippen molar-refractivity contribution in [3.05, 3.63) is 29.8 Å². The Balaban J connectivity index is 2.31. The number of rotatable bonds is 7. The van der Waals surface area contributed by atoms with Crippen LogP contribution in [0, 0.1) is 12.3 Å². The van der Waals surface area contributed by atoms with Crippen molar-refractivity contribution in [2.24, 2.45) is 0 Å². The van der Waals surface area contributed by atoms with Crippen LogP contribution in [-0.4, -0.2) is 30.9 Å². The summed E-state index contributed by atoms with van der Waals surface area (Å²) in [6.07, 6.45) is 5.51. The molecular formula is C14H19NO2. The molecule has 0 aliphatic heterocycles. The van der Waals surface area contributed by atoms with E-state index in [0.717, 1.165) is 12.2 Å². The second-order valence-electron chi connectivity index (χ2n) is 3.80. The van der Waals surface area contributed by atoms with Crippen molar-refractivity contribution in [2.45, 2.75) is 19.4 Å². The molecule has 2 N–H and O–H groups in total. The first kappa shape index (κ1) is 13.6. The first-order valence-electron chi connectivity index (χ1n) is 5.80. The summed E-state index contributed by atoms with van der Waals surface area (Å²) in [6, 6.07) is 7.89. The molecule has 0 heterocycles. The summed E-state index contributed by atoms with van der Waals surface area (Å²) >= 11 is 0. The molecule has 0 saturated heterocycles. The van der Waals surface area contributed by atoms with Crippen molar-refractivity contribution in [3.8, 4) is 18.1 Å². The molecule has 3 heteroatoms. The molecule has 1 aromatic carbocycles. The van der Waals surface area contributed by atoms with E-state index in [1.165, 1.54) is 5.56 Å². The number of nitrogens with one attached hydrogen (secondary N) is 1. The molecule has 0 bridgehead atoms. The zero-order chi connectivity index (χ0) is 12.5. The number of ether oxygens (including phenoxy) is 1. The number of aliphatic hydroxyl groups excluding tert-OH is 1. The van der Waals surface area contributed by atoms with Crippen LogP contribution >= 0.6 is 0 Å². The Morgan fingerprint density at radius 2 is 2.35 bits per heavy atom. The predicted octanol–water partition coefficient (Wildman–Crippen LogP) is 1.21. The third kappa shape index (κ3) is 5.39. The minimum absolute atomic E-state index is 0.269. The number of terminal acetylenes is 1. The first-order chi connectivity index (χ1) is 8.26. The lowest BCUT2D eigenvalue weighted by Crippen LogP contribution is -2.31. The van der Waals surface area contributed by atoms with Gasteiger partial charge in [-0.15, -0.1) is 6.42 Å². The summed E-state index contributed by atoms with van der Waals surface area (Å²) in [7, 11) is 0. The average Bonchev–Trinajstić information content (AvgIpc) is 2.37. The van der Waals surface area contributed by atoms with Gasteiger partial charge in [-0.25, -0.2) is 0 Å². The summed E-state index contributed by atoms with van der Waals surface area (Å²) in [5.74, 6) is 3.24. The second kappa shape index (κ2) is 7.72. The van der Waals surface area contributed by atoms with Gasteiger partial charge in [0.1, 0.15) is 18.5 Å². The lowest BCUT2D eigenvalue weighted by molar-refractivity contribution is 0.107. The molecule has 0 spiro atoms. The van der Waals surface area contributed by atoms with Gasteiger partial charge >= 0.3 is 0 Å². The Hall–Kier alpha value is -1.50. The topological polar surface area (TPSA) is 41.5 Å². The Bertz CT molecular complexity index is 371. The summed E-state index contributed by atoms with van der Waals surface area (Å²) < 4.78 is 5.50. The van der Waals surface area contributed by atoms with Gasteiger partial charge < -0.3 is 15.2 Å². The Labute approximate surface area is 103 Å². The van der Waals surface area contributed by atoms with E-state index in [9.17, 15) is 5.11 Å². The number of aryl methyl sites for hydroxylation is 1.